The van der Waals surface area contributed by atoms with Crippen LogP contribution in [0.15, 0.2) is 24.3 Å². The van der Waals surface area contributed by atoms with Gasteiger partial charge in [-0.25, -0.2) is 0 Å². The van der Waals surface area contributed by atoms with Gasteiger partial charge in [0.05, 0.1) is 10.6 Å². The van der Waals surface area contributed by atoms with Crippen molar-refractivity contribution in [3.8, 4) is 5.75 Å². The molecule has 18 heavy (non-hydrogen) atoms. The number of phenolic OH excluding ortho intramolecular Hbond substituents is 1. The Balaban J connectivity index is 2.86. The third-order valence-electron chi connectivity index (χ3n) is 2.78. The van der Waals surface area contributed by atoms with Gasteiger partial charge in [-0.3, -0.25) is 4.79 Å². The highest BCUT2D eigenvalue weighted by Gasteiger charge is 2.19. The average molecular weight is 266 g/mol. The summed E-state index contributed by atoms with van der Waals surface area (Å²) in [7, 11) is 0. The average Bonchev–Trinajstić information content (AvgIpc) is 2.35. The lowest BCUT2D eigenvalue weighted by Crippen LogP contribution is -2.38. The van der Waals surface area contributed by atoms with Gasteiger partial charge in [-0.2, -0.15) is 0 Å². The molecule has 1 aromatic rings. The van der Waals surface area contributed by atoms with Crippen LogP contribution in [0.4, 0.5) is 0 Å². The third kappa shape index (κ3) is 3.43. The van der Waals surface area contributed by atoms with E-state index in [-0.39, 0.29) is 17.6 Å². The van der Waals surface area contributed by atoms with Gasteiger partial charge in [-0.05, 0) is 19.1 Å². The molecule has 0 spiro atoms. The fourth-order valence-electron chi connectivity index (χ4n) is 1.60. The first-order chi connectivity index (χ1) is 8.47. The number of hydrogen-bond acceptors (Lipinski definition) is 3. The van der Waals surface area contributed by atoms with Crippen LogP contribution >= 0.6 is 12.2 Å². The number of nitrogens with zero attached hydrogens (tertiary/aromatic N) is 1. The number of carbonyl (C=O) groups excluding carboxylic acids is 1. The minimum atomic E-state index is -0.210. The summed E-state index contributed by atoms with van der Waals surface area (Å²) in [6, 6.07) is 6.50. The first kappa shape index (κ1) is 14.4. The van der Waals surface area contributed by atoms with Gasteiger partial charge >= 0.3 is 0 Å². The second-order valence-corrected chi connectivity index (χ2v) is 4.64. The Labute approximate surface area is 112 Å². The van der Waals surface area contributed by atoms with Crippen molar-refractivity contribution in [2.24, 2.45) is 11.7 Å². The molecule has 0 fully saturated rings. The van der Waals surface area contributed by atoms with Crippen LogP contribution in [-0.2, 0) is 0 Å². The molecule has 5 heteroatoms. The van der Waals surface area contributed by atoms with Crippen LogP contribution in [0.25, 0.3) is 0 Å². The predicted octanol–water partition coefficient (Wildman–Crippen LogP) is 1.78. The van der Waals surface area contributed by atoms with E-state index in [1.54, 1.807) is 23.1 Å². The summed E-state index contributed by atoms with van der Waals surface area (Å²) in [4.78, 5) is 14.2. The van der Waals surface area contributed by atoms with Crippen molar-refractivity contribution in [2.75, 3.05) is 13.1 Å². The minimum absolute atomic E-state index is 0.0103. The highest BCUT2D eigenvalue weighted by Crippen LogP contribution is 2.18. The summed E-state index contributed by atoms with van der Waals surface area (Å²) >= 11 is 4.90. The molecule has 0 bridgehead atoms. The van der Waals surface area contributed by atoms with E-state index in [2.05, 4.69) is 0 Å². The normalized spacial score (nSPS) is 11.9. The van der Waals surface area contributed by atoms with E-state index >= 15 is 0 Å². The Kier molecular flexibility index (Phi) is 5.09. The fraction of sp³-hybridized carbons (Fsp3) is 0.385. The van der Waals surface area contributed by atoms with Crippen molar-refractivity contribution in [1.29, 1.82) is 0 Å². The zero-order valence-electron chi connectivity index (χ0n) is 10.6. The monoisotopic (exact) mass is 266 g/mol. The van der Waals surface area contributed by atoms with Gasteiger partial charge in [0.15, 0.2) is 0 Å². The topological polar surface area (TPSA) is 66.6 Å². The molecule has 0 aliphatic rings. The predicted molar refractivity (Wildman–Crippen MR) is 75.6 cm³/mol. The maximum absolute atomic E-state index is 12.2. The van der Waals surface area contributed by atoms with Crippen LogP contribution < -0.4 is 5.73 Å². The van der Waals surface area contributed by atoms with Gasteiger partial charge in [0.2, 0.25) is 0 Å². The van der Waals surface area contributed by atoms with E-state index in [1.165, 1.54) is 6.07 Å². The molecule has 98 valence electrons. The fourth-order valence-corrected chi connectivity index (χ4v) is 1.68. The van der Waals surface area contributed by atoms with Gasteiger partial charge in [-0.1, -0.05) is 31.3 Å². The molecular formula is C13H18N2O2S. The van der Waals surface area contributed by atoms with Crippen LogP contribution in [0, 0.1) is 5.92 Å². The SMILES string of the molecule is CCN(CC(C)C(N)=S)C(=O)c1ccccc1O. The first-order valence-electron chi connectivity index (χ1n) is 5.84. The van der Waals surface area contributed by atoms with Gasteiger partial charge in [0.25, 0.3) is 5.91 Å². The number of benzene rings is 1. The molecular weight excluding hydrogens is 248 g/mol. The molecule has 1 aromatic carbocycles. The van der Waals surface area contributed by atoms with E-state index < -0.39 is 0 Å². The summed E-state index contributed by atoms with van der Waals surface area (Å²) in [6.07, 6.45) is 0. The lowest BCUT2D eigenvalue weighted by Gasteiger charge is -2.24. The molecule has 0 saturated heterocycles. The van der Waals surface area contributed by atoms with E-state index in [1.807, 2.05) is 13.8 Å². The molecule has 0 heterocycles. The lowest BCUT2D eigenvalue weighted by atomic mass is 10.1. The molecule has 0 aliphatic carbocycles. The van der Waals surface area contributed by atoms with E-state index in [0.717, 1.165) is 0 Å². The molecule has 0 radical (unpaired) electrons. The summed E-state index contributed by atoms with van der Waals surface area (Å²) in [5, 5.41) is 9.67. The first-order valence-corrected chi connectivity index (χ1v) is 6.24. The van der Waals surface area contributed by atoms with Crippen LogP contribution in [0.2, 0.25) is 0 Å². The Morgan fingerprint density at radius 2 is 2.11 bits per heavy atom. The molecule has 1 rings (SSSR count). The quantitative estimate of drug-likeness (QED) is 0.797. The van der Waals surface area contributed by atoms with Crippen molar-refractivity contribution >= 4 is 23.1 Å². The maximum atomic E-state index is 12.2. The Morgan fingerprint density at radius 1 is 1.50 bits per heavy atom. The zero-order chi connectivity index (χ0) is 13.7. The number of aromatic hydroxyl groups is 1. The number of para-hydroxylation sites is 1. The molecule has 0 saturated carbocycles. The molecule has 0 aliphatic heterocycles. The Morgan fingerprint density at radius 3 is 2.61 bits per heavy atom. The van der Waals surface area contributed by atoms with E-state index in [4.69, 9.17) is 18.0 Å². The Hall–Kier alpha value is -1.62. The van der Waals surface area contributed by atoms with Crippen molar-refractivity contribution in [1.82, 2.24) is 4.90 Å². The van der Waals surface area contributed by atoms with E-state index in [9.17, 15) is 9.90 Å². The lowest BCUT2D eigenvalue weighted by molar-refractivity contribution is 0.0752. The standard InChI is InChI=1S/C13H18N2O2S/c1-3-15(8-9(2)12(14)18)13(17)10-6-4-5-7-11(10)16/h4-7,9,16H,3,8H2,1-2H3,(H2,14,18). The van der Waals surface area contributed by atoms with Crippen LogP contribution in [0.5, 0.6) is 5.75 Å². The van der Waals surface area contributed by atoms with Crippen LogP contribution in [0.3, 0.4) is 0 Å². The van der Waals surface area contributed by atoms with Gasteiger partial charge in [0.1, 0.15) is 5.75 Å². The summed E-state index contributed by atoms with van der Waals surface area (Å²) in [6.45, 7) is 4.76. The number of carbonyl (C=O) groups is 1. The molecule has 4 nitrogen and oxygen atoms in total. The van der Waals surface area contributed by atoms with Crippen molar-refractivity contribution in [2.45, 2.75) is 13.8 Å². The van der Waals surface area contributed by atoms with Crippen molar-refractivity contribution < 1.29 is 9.90 Å². The number of rotatable bonds is 5. The number of phenols is 1. The van der Waals surface area contributed by atoms with E-state index in [0.29, 0.717) is 23.6 Å². The third-order valence-corrected chi connectivity index (χ3v) is 3.19. The number of nitrogens with two attached hydrogens (primary N) is 1. The summed E-state index contributed by atoms with van der Waals surface area (Å²) in [5.41, 5.74) is 5.85. The maximum Gasteiger partial charge on any atom is 0.257 e. The number of thiocarbonyl (C=S) groups is 1. The largest absolute Gasteiger partial charge is 0.507 e. The highest BCUT2D eigenvalue weighted by atomic mass is 32.1. The van der Waals surface area contributed by atoms with Crippen LogP contribution in [0.1, 0.15) is 24.2 Å². The van der Waals surface area contributed by atoms with Crippen molar-refractivity contribution in [3.05, 3.63) is 29.8 Å². The minimum Gasteiger partial charge on any atom is -0.507 e. The summed E-state index contributed by atoms with van der Waals surface area (Å²) in [5.74, 6) is -0.266. The molecule has 1 amide bonds. The number of hydrogen-bond donors (Lipinski definition) is 2. The number of amides is 1. The summed E-state index contributed by atoms with van der Waals surface area (Å²) < 4.78 is 0. The molecule has 1 unspecified atom stereocenters. The smallest absolute Gasteiger partial charge is 0.257 e. The highest BCUT2D eigenvalue weighted by molar-refractivity contribution is 7.80. The Bertz CT molecular complexity index is 448. The molecule has 1 atom stereocenters. The second kappa shape index (κ2) is 6.35. The zero-order valence-corrected chi connectivity index (χ0v) is 11.4. The van der Waals surface area contributed by atoms with Gasteiger partial charge in [-0.15, -0.1) is 0 Å². The second-order valence-electron chi connectivity index (χ2n) is 4.16. The molecule has 0 aromatic heterocycles. The van der Waals surface area contributed by atoms with Crippen LogP contribution in [-0.4, -0.2) is 34.0 Å². The molecule has 3 N–H and O–H groups in total. The van der Waals surface area contributed by atoms with Crippen molar-refractivity contribution in [3.63, 3.8) is 0 Å². The van der Waals surface area contributed by atoms with Gasteiger partial charge in [0, 0.05) is 19.0 Å². The van der Waals surface area contributed by atoms with Gasteiger partial charge < -0.3 is 15.7 Å².